The van der Waals surface area contributed by atoms with Gasteiger partial charge in [-0.1, -0.05) is 18.3 Å². The number of rotatable bonds is 0. The summed E-state index contributed by atoms with van der Waals surface area (Å²) in [4.78, 5) is 0. The lowest BCUT2D eigenvalue weighted by Gasteiger charge is -1.97. The van der Waals surface area contributed by atoms with Crippen molar-refractivity contribution in [1.82, 2.24) is 0 Å². The molecular formula is C6H5P2. The number of hydrogen-bond donors (Lipinski definition) is 0. The van der Waals surface area contributed by atoms with Crippen LogP contribution < -0.4 is 0 Å². The van der Waals surface area contributed by atoms with Crippen LogP contribution in [0.15, 0.2) is 23.8 Å². The molecule has 0 atom stereocenters. The molecule has 1 heterocycles. The summed E-state index contributed by atoms with van der Waals surface area (Å²) < 4.78 is 0. The molecule has 0 aromatic carbocycles. The van der Waals surface area contributed by atoms with E-state index in [1.165, 1.54) is 0 Å². The summed E-state index contributed by atoms with van der Waals surface area (Å²) >= 11 is 0. The molecule has 0 aromatic heterocycles. The zero-order valence-corrected chi connectivity index (χ0v) is 6.17. The van der Waals surface area contributed by atoms with Gasteiger partial charge in [-0.3, -0.25) is 0 Å². The number of hydrogen-bond acceptors (Lipinski definition) is 0. The molecule has 0 bridgehead atoms. The summed E-state index contributed by atoms with van der Waals surface area (Å²) in [5, 5.41) is 5.28. The maximum absolute atomic E-state index is 3.77. The normalized spacial score (nSPS) is 21.5. The molecule has 0 amide bonds. The molecule has 0 fully saturated rings. The van der Waals surface area contributed by atoms with E-state index in [9.17, 15) is 0 Å². The summed E-state index contributed by atoms with van der Waals surface area (Å²) in [5.74, 6) is 0. The van der Waals surface area contributed by atoms with Crippen molar-refractivity contribution >= 4 is 21.6 Å². The second-order valence-electron chi connectivity index (χ2n) is 1.45. The average molecular weight is 139 g/mol. The zero-order valence-electron chi connectivity index (χ0n) is 4.39. The molecule has 1 aliphatic heterocycles. The minimum atomic E-state index is 1.09. The van der Waals surface area contributed by atoms with E-state index in [0.717, 1.165) is 27.0 Å². The Labute approximate surface area is 52.5 Å². The molecule has 0 N–H and O–H groups in total. The Morgan fingerprint density at radius 1 is 1.25 bits per heavy atom. The fourth-order valence-corrected chi connectivity index (χ4v) is 2.18. The van der Waals surface area contributed by atoms with Gasteiger partial charge in [0.05, 0.1) is 0 Å². The molecule has 0 aliphatic carbocycles. The molecule has 0 nitrogen and oxygen atoms in total. The van der Waals surface area contributed by atoms with Gasteiger partial charge >= 0.3 is 0 Å². The van der Waals surface area contributed by atoms with Gasteiger partial charge in [-0.2, -0.15) is 0 Å². The Bertz CT molecular complexity index is 177. The third kappa shape index (κ3) is 1.42. The average Bonchev–Trinajstić information content (AvgIpc) is 1.64. The van der Waals surface area contributed by atoms with Gasteiger partial charge in [0.2, 0.25) is 0 Å². The lowest BCUT2D eigenvalue weighted by molar-refractivity contribution is 1.72. The van der Waals surface area contributed by atoms with Gasteiger partial charge in [-0.15, -0.1) is 0 Å². The van der Waals surface area contributed by atoms with Crippen molar-refractivity contribution in [2.75, 3.05) is 0 Å². The molecule has 1 aliphatic rings. The summed E-state index contributed by atoms with van der Waals surface area (Å²) in [6.45, 7) is 7.54. The van der Waals surface area contributed by atoms with Crippen molar-refractivity contribution in [2.45, 2.75) is 0 Å². The van der Waals surface area contributed by atoms with Crippen molar-refractivity contribution in [3.8, 4) is 0 Å². The van der Waals surface area contributed by atoms with E-state index < -0.39 is 0 Å². The fourth-order valence-electron chi connectivity index (χ4n) is 0.410. The van der Waals surface area contributed by atoms with E-state index in [0.29, 0.717) is 0 Å². The van der Waals surface area contributed by atoms with Gasteiger partial charge in [0.25, 0.3) is 0 Å². The smallest absolute Gasteiger partial charge is 0.0293 e. The van der Waals surface area contributed by atoms with Crippen molar-refractivity contribution in [1.29, 1.82) is 0 Å². The van der Waals surface area contributed by atoms with E-state index >= 15 is 0 Å². The van der Waals surface area contributed by atoms with Crippen LogP contribution in [0.5, 0.6) is 0 Å². The first-order valence-corrected chi connectivity index (χ1v) is 3.97. The number of allylic oxidation sites excluding steroid dienone is 2. The van der Waals surface area contributed by atoms with Crippen molar-refractivity contribution in [2.24, 2.45) is 0 Å². The maximum Gasteiger partial charge on any atom is 0.0293 e. The minimum Gasteiger partial charge on any atom is -0.0899 e. The molecule has 0 spiro atoms. The van der Waals surface area contributed by atoms with Crippen LogP contribution in [-0.4, -0.2) is 5.17 Å². The quantitative estimate of drug-likeness (QED) is 0.452. The lowest BCUT2D eigenvalue weighted by atomic mass is 10.4. The van der Waals surface area contributed by atoms with Crippen LogP contribution in [0.4, 0.5) is 0 Å². The van der Waals surface area contributed by atoms with Crippen LogP contribution in [0.2, 0.25) is 0 Å². The molecule has 0 aromatic rings. The van der Waals surface area contributed by atoms with Gasteiger partial charge in [0.1, 0.15) is 0 Å². The molecule has 8 heavy (non-hydrogen) atoms. The summed E-state index contributed by atoms with van der Waals surface area (Å²) in [6, 6.07) is 0. The first-order valence-electron chi connectivity index (χ1n) is 2.18. The van der Waals surface area contributed by atoms with Crippen LogP contribution >= 0.6 is 16.4 Å². The van der Waals surface area contributed by atoms with Crippen LogP contribution in [0.3, 0.4) is 0 Å². The van der Waals surface area contributed by atoms with Gasteiger partial charge in [-0.05, 0) is 27.0 Å². The molecule has 0 unspecified atom stereocenters. The zero-order chi connectivity index (χ0) is 5.98. The predicted molar refractivity (Wildman–Crippen MR) is 41.4 cm³/mol. The summed E-state index contributed by atoms with van der Waals surface area (Å²) in [7, 11) is 2.24. The molecule has 1 radical (unpaired) electrons. The van der Waals surface area contributed by atoms with Crippen molar-refractivity contribution in [3.63, 3.8) is 0 Å². The molecule has 0 saturated heterocycles. The third-order valence-corrected chi connectivity index (χ3v) is 2.35. The molecule has 2 heteroatoms. The van der Waals surface area contributed by atoms with E-state index in [4.69, 9.17) is 0 Å². The lowest BCUT2D eigenvalue weighted by Crippen LogP contribution is -1.73. The van der Waals surface area contributed by atoms with Gasteiger partial charge in [-0.25, -0.2) is 0 Å². The van der Waals surface area contributed by atoms with Crippen molar-refractivity contribution < 1.29 is 0 Å². The van der Waals surface area contributed by atoms with Crippen LogP contribution in [0.1, 0.15) is 0 Å². The Morgan fingerprint density at radius 2 is 1.75 bits per heavy atom. The molecule has 39 valence electrons. The molecule has 1 rings (SSSR count). The highest BCUT2D eigenvalue weighted by Crippen LogP contribution is 2.28. The Balaban J connectivity index is 2.92. The van der Waals surface area contributed by atoms with Gasteiger partial charge in [0, 0.05) is 6.42 Å². The maximum atomic E-state index is 3.77. The van der Waals surface area contributed by atoms with Crippen molar-refractivity contribution in [3.05, 3.63) is 30.2 Å². The van der Waals surface area contributed by atoms with E-state index in [2.05, 4.69) is 18.3 Å². The summed E-state index contributed by atoms with van der Waals surface area (Å²) in [6.07, 6.45) is 2.00. The van der Waals surface area contributed by atoms with E-state index in [1.54, 1.807) is 0 Å². The SMILES string of the molecule is C=C1[CH]C(=C)P=C=P1. The van der Waals surface area contributed by atoms with Gasteiger partial charge < -0.3 is 0 Å². The molecular weight excluding hydrogens is 134 g/mol. The van der Waals surface area contributed by atoms with E-state index in [1.807, 2.05) is 6.42 Å². The standard InChI is InChI=1S/C6H5P2/c1-5-3-6(2)8-4-7-5/h3H,1-2H2. The highest BCUT2D eigenvalue weighted by Gasteiger charge is 1.96. The highest BCUT2D eigenvalue weighted by atomic mass is 31.1. The fraction of sp³-hybridized carbons (Fsp3) is 0. The third-order valence-electron chi connectivity index (χ3n) is 0.720. The predicted octanol–water partition coefficient (Wildman–Crippen LogP) is 2.76. The molecule has 0 saturated carbocycles. The Morgan fingerprint density at radius 3 is 2.00 bits per heavy atom. The van der Waals surface area contributed by atoms with Gasteiger partial charge in [0.15, 0.2) is 0 Å². The van der Waals surface area contributed by atoms with Crippen LogP contribution in [0.25, 0.3) is 0 Å². The second kappa shape index (κ2) is 2.42. The monoisotopic (exact) mass is 139 g/mol. The topological polar surface area (TPSA) is 0 Å². The Hall–Kier alpha value is -0.140. The highest BCUT2D eigenvalue weighted by molar-refractivity contribution is 7.59. The van der Waals surface area contributed by atoms with Crippen LogP contribution in [0, 0.1) is 6.42 Å². The largest absolute Gasteiger partial charge is 0.0899 e. The second-order valence-corrected chi connectivity index (χ2v) is 3.85. The first kappa shape index (κ1) is 5.99. The van der Waals surface area contributed by atoms with Crippen LogP contribution in [-0.2, 0) is 0 Å². The summed E-state index contributed by atoms with van der Waals surface area (Å²) in [5.41, 5.74) is 0. The minimum absolute atomic E-state index is 1.09. The first-order chi connectivity index (χ1) is 3.79. The Kier molecular flexibility index (Phi) is 1.81. The van der Waals surface area contributed by atoms with E-state index in [-0.39, 0.29) is 0 Å².